The molecule has 4 aromatic heterocycles. The minimum atomic E-state index is 0.735. The Morgan fingerprint density at radius 1 is 1.18 bits per heavy atom. The molecule has 0 saturated carbocycles. The fourth-order valence-electron chi connectivity index (χ4n) is 1.93. The third kappa shape index (κ3) is 1.23. The molecule has 0 aliphatic rings. The Morgan fingerprint density at radius 3 is 3.18 bits per heavy atom. The standard InChI is InChI=1S/C12H6N4S/c1-2-9-10(14-3-1)8-4-7-5-13-6-15-11(7)16-12(8)17-9/h1-6H. The van der Waals surface area contributed by atoms with Crippen LogP contribution in [-0.2, 0) is 0 Å². The summed E-state index contributed by atoms with van der Waals surface area (Å²) in [5, 5.41) is 2.03. The summed E-state index contributed by atoms with van der Waals surface area (Å²) in [6.45, 7) is 0. The van der Waals surface area contributed by atoms with Gasteiger partial charge in [0.15, 0.2) is 5.65 Å². The molecule has 0 radical (unpaired) electrons. The van der Waals surface area contributed by atoms with Crippen molar-refractivity contribution in [3.05, 3.63) is 36.9 Å². The molecule has 0 unspecified atom stereocenters. The first-order chi connectivity index (χ1) is 8.42. The lowest BCUT2D eigenvalue weighted by molar-refractivity contribution is 1.20. The van der Waals surface area contributed by atoms with Crippen LogP contribution in [0.1, 0.15) is 0 Å². The van der Waals surface area contributed by atoms with E-state index in [4.69, 9.17) is 0 Å². The maximum atomic E-state index is 4.54. The van der Waals surface area contributed by atoms with Crippen molar-refractivity contribution in [2.24, 2.45) is 0 Å². The zero-order valence-corrected chi connectivity index (χ0v) is 9.48. The quantitative estimate of drug-likeness (QED) is 0.472. The van der Waals surface area contributed by atoms with E-state index in [0.29, 0.717) is 0 Å². The highest BCUT2D eigenvalue weighted by atomic mass is 32.1. The van der Waals surface area contributed by atoms with Gasteiger partial charge >= 0.3 is 0 Å². The normalized spacial score (nSPS) is 11.5. The van der Waals surface area contributed by atoms with Crippen molar-refractivity contribution >= 4 is 42.8 Å². The van der Waals surface area contributed by atoms with E-state index in [9.17, 15) is 0 Å². The molecule has 0 aromatic carbocycles. The number of rotatable bonds is 0. The maximum absolute atomic E-state index is 4.54. The summed E-state index contributed by atoms with van der Waals surface area (Å²) in [7, 11) is 0. The van der Waals surface area contributed by atoms with Crippen molar-refractivity contribution in [3.63, 3.8) is 0 Å². The van der Waals surface area contributed by atoms with Crippen molar-refractivity contribution in [2.75, 3.05) is 0 Å². The predicted molar refractivity (Wildman–Crippen MR) is 68.0 cm³/mol. The second-order valence-electron chi connectivity index (χ2n) is 3.73. The van der Waals surface area contributed by atoms with E-state index in [-0.39, 0.29) is 0 Å². The molecule has 4 nitrogen and oxygen atoms in total. The van der Waals surface area contributed by atoms with Gasteiger partial charge in [-0.05, 0) is 18.2 Å². The number of aromatic nitrogens is 4. The zero-order valence-electron chi connectivity index (χ0n) is 8.66. The molecular weight excluding hydrogens is 232 g/mol. The van der Waals surface area contributed by atoms with Gasteiger partial charge in [0, 0.05) is 23.2 Å². The van der Waals surface area contributed by atoms with Gasteiger partial charge in [0.1, 0.15) is 11.2 Å². The number of thiophene rings is 1. The summed E-state index contributed by atoms with van der Waals surface area (Å²) in [5.74, 6) is 0. The van der Waals surface area contributed by atoms with Crippen LogP contribution in [0.5, 0.6) is 0 Å². The molecule has 0 atom stereocenters. The molecule has 4 aromatic rings. The predicted octanol–water partition coefficient (Wildman–Crippen LogP) is 2.79. The Balaban J connectivity index is 2.28. The van der Waals surface area contributed by atoms with E-state index in [2.05, 4.69) is 32.1 Å². The Morgan fingerprint density at radius 2 is 2.18 bits per heavy atom. The highest BCUT2D eigenvalue weighted by molar-refractivity contribution is 7.25. The molecule has 5 heteroatoms. The van der Waals surface area contributed by atoms with Crippen LogP contribution in [0.4, 0.5) is 0 Å². The number of hydrogen-bond acceptors (Lipinski definition) is 5. The van der Waals surface area contributed by atoms with Crippen LogP contribution in [-0.4, -0.2) is 19.9 Å². The Labute approximate surface area is 100.0 Å². The first kappa shape index (κ1) is 8.95. The number of pyridine rings is 2. The monoisotopic (exact) mass is 238 g/mol. The maximum Gasteiger partial charge on any atom is 0.164 e. The number of hydrogen-bond donors (Lipinski definition) is 0. The van der Waals surface area contributed by atoms with Gasteiger partial charge < -0.3 is 0 Å². The van der Waals surface area contributed by atoms with Gasteiger partial charge in [0.05, 0.1) is 10.2 Å². The average Bonchev–Trinajstić information content (AvgIpc) is 2.73. The van der Waals surface area contributed by atoms with Crippen LogP contribution in [0.2, 0.25) is 0 Å². The molecule has 0 bridgehead atoms. The molecule has 0 fully saturated rings. The van der Waals surface area contributed by atoms with Gasteiger partial charge in [0.2, 0.25) is 0 Å². The first-order valence-corrected chi connectivity index (χ1v) is 5.97. The third-order valence-electron chi connectivity index (χ3n) is 2.69. The van der Waals surface area contributed by atoms with Crippen LogP contribution < -0.4 is 0 Å². The molecule has 0 saturated heterocycles. The smallest absolute Gasteiger partial charge is 0.164 e. The van der Waals surface area contributed by atoms with Gasteiger partial charge in [-0.1, -0.05) is 0 Å². The van der Waals surface area contributed by atoms with Crippen molar-refractivity contribution in [1.82, 2.24) is 19.9 Å². The van der Waals surface area contributed by atoms with Crippen molar-refractivity contribution < 1.29 is 0 Å². The van der Waals surface area contributed by atoms with Crippen LogP contribution in [0.15, 0.2) is 36.9 Å². The Hall–Kier alpha value is -2.14. The largest absolute Gasteiger partial charge is 0.255 e. The SMILES string of the molecule is c1cnc2c(c1)sc1nc3ncncc3cc12. The first-order valence-electron chi connectivity index (χ1n) is 5.16. The molecule has 0 N–H and O–H groups in total. The Kier molecular flexibility index (Phi) is 1.67. The number of fused-ring (bicyclic) bond motifs is 4. The van der Waals surface area contributed by atoms with E-state index in [1.54, 1.807) is 23.7 Å². The minimum absolute atomic E-state index is 0.735. The van der Waals surface area contributed by atoms with Gasteiger partial charge in [-0.15, -0.1) is 11.3 Å². The summed E-state index contributed by atoms with van der Waals surface area (Å²) in [6, 6.07) is 6.06. The molecular formula is C12H6N4S. The molecule has 0 spiro atoms. The van der Waals surface area contributed by atoms with Crippen LogP contribution in [0.3, 0.4) is 0 Å². The van der Waals surface area contributed by atoms with E-state index in [1.807, 2.05) is 6.07 Å². The lowest BCUT2D eigenvalue weighted by Crippen LogP contribution is -1.84. The molecule has 80 valence electrons. The van der Waals surface area contributed by atoms with Gasteiger partial charge in [-0.25, -0.2) is 15.0 Å². The molecule has 4 rings (SSSR count). The van der Waals surface area contributed by atoms with Gasteiger partial charge in [0.25, 0.3) is 0 Å². The highest BCUT2D eigenvalue weighted by Gasteiger charge is 2.08. The molecule has 17 heavy (non-hydrogen) atoms. The van der Waals surface area contributed by atoms with Crippen LogP contribution in [0.25, 0.3) is 31.5 Å². The topological polar surface area (TPSA) is 51.6 Å². The summed E-state index contributed by atoms with van der Waals surface area (Å²) in [6.07, 6.45) is 5.11. The van der Waals surface area contributed by atoms with Crippen molar-refractivity contribution in [3.8, 4) is 0 Å². The lowest BCUT2D eigenvalue weighted by atomic mass is 10.2. The van der Waals surface area contributed by atoms with Crippen molar-refractivity contribution in [2.45, 2.75) is 0 Å². The summed E-state index contributed by atoms with van der Waals surface area (Å²) < 4.78 is 1.15. The van der Waals surface area contributed by atoms with E-state index < -0.39 is 0 Å². The summed E-state index contributed by atoms with van der Waals surface area (Å²) in [5.41, 5.74) is 1.74. The van der Waals surface area contributed by atoms with Gasteiger partial charge in [-0.3, -0.25) is 4.98 Å². The molecule has 0 aliphatic heterocycles. The molecule has 0 amide bonds. The van der Waals surface area contributed by atoms with E-state index in [1.165, 1.54) is 6.33 Å². The van der Waals surface area contributed by atoms with E-state index in [0.717, 1.165) is 31.5 Å². The molecule has 4 heterocycles. The Bertz CT molecular complexity index is 847. The summed E-state index contributed by atoms with van der Waals surface area (Å²) >= 11 is 1.64. The van der Waals surface area contributed by atoms with Crippen LogP contribution >= 0.6 is 11.3 Å². The van der Waals surface area contributed by atoms with Crippen molar-refractivity contribution in [1.29, 1.82) is 0 Å². The fourth-order valence-corrected chi connectivity index (χ4v) is 2.94. The zero-order chi connectivity index (χ0) is 11.2. The summed E-state index contributed by atoms with van der Waals surface area (Å²) in [4.78, 5) is 18.1. The van der Waals surface area contributed by atoms with Gasteiger partial charge in [-0.2, -0.15) is 0 Å². The fraction of sp³-hybridized carbons (Fsp3) is 0. The van der Waals surface area contributed by atoms with E-state index >= 15 is 0 Å². The molecule has 0 aliphatic carbocycles. The second-order valence-corrected chi connectivity index (χ2v) is 4.76. The third-order valence-corrected chi connectivity index (χ3v) is 3.74. The highest BCUT2D eigenvalue weighted by Crippen LogP contribution is 2.32. The average molecular weight is 238 g/mol. The van der Waals surface area contributed by atoms with Crippen LogP contribution in [0, 0.1) is 0 Å². The minimum Gasteiger partial charge on any atom is -0.255 e. The number of nitrogens with zero attached hydrogens (tertiary/aromatic N) is 4. The second kappa shape index (κ2) is 3.18. The lowest BCUT2D eigenvalue weighted by Gasteiger charge is -1.95.